The van der Waals surface area contributed by atoms with Crippen molar-refractivity contribution in [2.24, 2.45) is 0 Å². The zero-order valence-corrected chi connectivity index (χ0v) is 19.1. The Morgan fingerprint density at radius 1 is 0.688 bits per heavy atom. The van der Waals surface area contributed by atoms with Gasteiger partial charge in [-0.1, -0.05) is 96.2 Å². The molecular formula is C27H21NO2S2. The summed E-state index contributed by atoms with van der Waals surface area (Å²) >= 11 is 1.59. The van der Waals surface area contributed by atoms with E-state index in [1.807, 2.05) is 104 Å². The summed E-state index contributed by atoms with van der Waals surface area (Å²) in [4.78, 5) is 2.26. The van der Waals surface area contributed by atoms with E-state index in [0.29, 0.717) is 11.2 Å². The molecule has 158 valence electrons. The van der Waals surface area contributed by atoms with Gasteiger partial charge in [-0.2, -0.15) is 0 Å². The first-order valence-corrected chi connectivity index (χ1v) is 12.6. The van der Waals surface area contributed by atoms with Crippen LogP contribution in [0.3, 0.4) is 0 Å². The maximum absolute atomic E-state index is 14.0. The highest BCUT2D eigenvalue weighted by Gasteiger charge is 2.28. The zero-order valence-electron chi connectivity index (χ0n) is 17.5. The fourth-order valence-electron chi connectivity index (χ4n) is 3.80. The molecule has 0 aliphatic carbocycles. The Morgan fingerprint density at radius 3 is 1.97 bits per heavy atom. The lowest BCUT2D eigenvalue weighted by Gasteiger charge is -2.14. The molecule has 5 rings (SSSR count). The highest BCUT2D eigenvalue weighted by atomic mass is 32.2. The van der Waals surface area contributed by atoms with Crippen LogP contribution in [-0.2, 0) is 10.0 Å². The van der Waals surface area contributed by atoms with Crippen LogP contribution in [0, 0.1) is 6.92 Å². The van der Waals surface area contributed by atoms with Crippen LogP contribution >= 0.6 is 11.8 Å². The van der Waals surface area contributed by atoms with Gasteiger partial charge in [0, 0.05) is 20.7 Å². The first-order valence-electron chi connectivity index (χ1n) is 10.3. The molecule has 0 saturated heterocycles. The molecule has 0 bridgehead atoms. The molecular weight excluding hydrogens is 434 g/mol. The highest BCUT2D eigenvalue weighted by molar-refractivity contribution is 7.99. The third-order valence-electron chi connectivity index (χ3n) is 5.36. The number of aromatic nitrogens is 1. The first kappa shape index (κ1) is 20.6. The van der Waals surface area contributed by atoms with Crippen LogP contribution in [0.25, 0.3) is 22.2 Å². The van der Waals surface area contributed by atoms with Crippen molar-refractivity contribution in [1.29, 1.82) is 0 Å². The Labute approximate surface area is 192 Å². The fourth-order valence-corrected chi connectivity index (χ4v) is 6.52. The van der Waals surface area contributed by atoms with E-state index < -0.39 is 10.0 Å². The third kappa shape index (κ3) is 3.64. The van der Waals surface area contributed by atoms with Gasteiger partial charge < -0.3 is 0 Å². The summed E-state index contributed by atoms with van der Waals surface area (Å²) < 4.78 is 29.5. The number of rotatable bonds is 5. The lowest BCUT2D eigenvalue weighted by atomic mass is 10.1. The molecule has 0 fully saturated rings. The quantitative estimate of drug-likeness (QED) is 0.286. The number of fused-ring (bicyclic) bond motifs is 1. The predicted molar refractivity (Wildman–Crippen MR) is 132 cm³/mol. The number of nitrogens with zero attached hydrogens (tertiary/aromatic N) is 1. The predicted octanol–water partition coefficient (Wildman–Crippen LogP) is 7.00. The molecule has 0 radical (unpaired) electrons. The summed E-state index contributed by atoms with van der Waals surface area (Å²) in [6.07, 6.45) is 0. The van der Waals surface area contributed by atoms with E-state index in [1.54, 1.807) is 23.9 Å². The van der Waals surface area contributed by atoms with Gasteiger partial charge in [-0.25, -0.2) is 12.4 Å². The van der Waals surface area contributed by atoms with E-state index in [4.69, 9.17) is 0 Å². The van der Waals surface area contributed by atoms with Crippen LogP contribution in [0.5, 0.6) is 0 Å². The van der Waals surface area contributed by atoms with Crippen molar-refractivity contribution in [1.82, 2.24) is 3.97 Å². The maximum Gasteiger partial charge on any atom is 0.268 e. The van der Waals surface area contributed by atoms with Crippen LogP contribution in [-0.4, -0.2) is 12.4 Å². The van der Waals surface area contributed by atoms with Crippen LogP contribution in [0.4, 0.5) is 0 Å². The maximum atomic E-state index is 14.0. The van der Waals surface area contributed by atoms with E-state index in [9.17, 15) is 8.42 Å². The first-order chi connectivity index (χ1) is 15.6. The number of para-hydroxylation sites is 1. The van der Waals surface area contributed by atoms with Gasteiger partial charge in [-0.05, 0) is 37.3 Å². The molecule has 3 nitrogen and oxygen atoms in total. The molecule has 0 spiro atoms. The molecule has 0 aliphatic rings. The molecule has 5 heteroatoms. The molecule has 32 heavy (non-hydrogen) atoms. The summed E-state index contributed by atoms with van der Waals surface area (Å²) in [5.41, 5.74) is 3.23. The second kappa shape index (κ2) is 8.34. The van der Waals surface area contributed by atoms with Gasteiger partial charge >= 0.3 is 0 Å². The third-order valence-corrected chi connectivity index (χ3v) is 8.21. The number of aryl methyl sites for hydroxylation is 1. The summed E-state index contributed by atoms with van der Waals surface area (Å²) in [6.45, 7) is 1.95. The molecule has 0 aliphatic heterocycles. The minimum atomic E-state index is -3.83. The molecule has 0 amide bonds. The van der Waals surface area contributed by atoms with Crippen molar-refractivity contribution >= 4 is 32.7 Å². The van der Waals surface area contributed by atoms with Crippen molar-refractivity contribution in [3.05, 3.63) is 115 Å². The second-order valence-corrected chi connectivity index (χ2v) is 10.4. The fraction of sp³-hybridized carbons (Fsp3) is 0.0370. The standard InChI is InChI=1S/C27H21NO2S2/c1-20-16-18-23(19-17-20)32(29,30)28-25-15-9-8-14-24(25)27(31-22-12-6-3-7-13-22)26(28)21-10-4-2-5-11-21/h2-19H,1H3. The molecule has 0 saturated carbocycles. The average molecular weight is 456 g/mol. The van der Waals surface area contributed by atoms with Crippen LogP contribution in [0.2, 0.25) is 0 Å². The molecule has 4 aromatic carbocycles. The van der Waals surface area contributed by atoms with Crippen molar-refractivity contribution < 1.29 is 8.42 Å². The van der Waals surface area contributed by atoms with Gasteiger partial charge in [0.05, 0.1) is 16.1 Å². The molecule has 1 heterocycles. The topological polar surface area (TPSA) is 39.1 Å². The molecule has 0 unspecified atom stereocenters. The lowest BCUT2D eigenvalue weighted by molar-refractivity contribution is 0.589. The van der Waals surface area contributed by atoms with E-state index >= 15 is 0 Å². The van der Waals surface area contributed by atoms with Crippen LogP contribution in [0.1, 0.15) is 5.56 Å². The minimum Gasteiger partial charge on any atom is -0.232 e. The smallest absolute Gasteiger partial charge is 0.232 e. The average Bonchev–Trinajstić information content (AvgIpc) is 3.15. The molecule has 0 atom stereocenters. The zero-order chi connectivity index (χ0) is 22.1. The minimum absolute atomic E-state index is 0.275. The van der Waals surface area contributed by atoms with E-state index in [1.165, 1.54) is 3.97 Å². The van der Waals surface area contributed by atoms with Gasteiger partial charge in [-0.15, -0.1) is 0 Å². The number of hydrogen-bond donors (Lipinski definition) is 0. The van der Waals surface area contributed by atoms with Crippen LogP contribution in [0.15, 0.2) is 124 Å². The second-order valence-electron chi connectivity index (χ2n) is 7.56. The highest BCUT2D eigenvalue weighted by Crippen LogP contribution is 2.44. The molecule has 5 aromatic rings. The van der Waals surface area contributed by atoms with Gasteiger partial charge in [0.2, 0.25) is 0 Å². The van der Waals surface area contributed by atoms with Gasteiger partial charge in [0.25, 0.3) is 10.0 Å². The summed E-state index contributed by atoms with van der Waals surface area (Å²) in [5, 5.41) is 0.913. The van der Waals surface area contributed by atoms with Crippen LogP contribution < -0.4 is 0 Å². The lowest BCUT2D eigenvalue weighted by Crippen LogP contribution is -2.14. The largest absolute Gasteiger partial charge is 0.268 e. The van der Waals surface area contributed by atoms with E-state index in [2.05, 4.69) is 0 Å². The van der Waals surface area contributed by atoms with E-state index in [0.717, 1.165) is 26.3 Å². The van der Waals surface area contributed by atoms with Crippen molar-refractivity contribution in [2.45, 2.75) is 21.6 Å². The van der Waals surface area contributed by atoms with E-state index in [-0.39, 0.29) is 4.90 Å². The van der Waals surface area contributed by atoms with Gasteiger partial charge in [-0.3, -0.25) is 0 Å². The SMILES string of the molecule is Cc1ccc(S(=O)(=O)n2c(-c3ccccc3)c(Sc3ccccc3)c3ccccc32)cc1. The summed E-state index contributed by atoms with van der Waals surface area (Å²) in [7, 11) is -3.83. The Bertz CT molecular complexity index is 1490. The summed E-state index contributed by atoms with van der Waals surface area (Å²) in [5.74, 6) is 0. The monoisotopic (exact) mass is 455 g/mol. The Hall–Kier alpha value is -3.28. The van der Waals surface area contributed by atoms with Crippen molar-refractivity contribution in [3.8, 4) is 11.3 Å². The summed E-state index contributed by atoms with van der Waals surface area (Å²) in [6, 6.07) is 34.5. The Balaban J connectivity index is 1.86. The Morgan fingerprint density at radius 2 is 1.28 bits per heavy atom. The normalized spacial score (nSPS) is 11.7. The van der Waals surface area contributed by atoms with Gasteiger partial charge in [0.1, 0.15) is 0 Å². The molecule has 1 aromatic heterocycles. The van der Waals surface area contributed by atoms with Crippen molar-refractivity contribution in [3.63, 3.8) is 0 Å². The molecule has 0 N–H and O–H groups in total. The van der Waals surface area contributed by atoms with Crippen molar-refractivity contribution in [2.75, 3.05) is 0 Å². The Kier molecular flexibility index (Phi) is 5.37. The number of benzene rings is 4. The van der Waals surface area contributed by atoms with Gasteiger partial charge in [0.15, 0.2) is 0 Å². The number of hydrogen-bond acceptors (Lipinski definition) is 3.